The molecule has 4 nitrogen and oxygen atoms in total. The molecule has 0 bridgehead atoms. The van der Waals surface area contributed by atoms with Crippen LogP contribution in [-0.4, -0.2) is 21.2 Å². The molecule has 1 aliphatic rings. The van der Waals surface area contributed by atoms with Crippen LogP contribution in [-0.2, 0) is 0 Å². The predicted molar refractivity (Wildman–Crippen MR) is 95.6 cm³/mol. The smallest absolute Gasteiger partial charge is 0.221 e. The minimum Gasteiger partial charge on any atom is -0.493 e. The SMILES string of the molecule is Oc1c(N=Nc2ccc(Cl)cc2)c2cc(F)ccc2n1C1CSC1. The van der Waals surface area contributed by atoms with Crippen LogP contribution in [0.25, 0.3) is 10.9 Å². The minimum absolute atomic E-state index is 0.0265. The Morgan fingerprint density at radius 3 is 2.54 bits per heavy atom. The van der Waals surface area contributed by atoms with Crippen LogP contribution in [0.3, 0.4) is 0 Å². The molecular formula is C17H13ClFN3OS. The number of azo groups is 1. The maximum absolute atomic E-state index is 13.7. The van der Waals surface area contributed by atoms with Crippen molar-refractivity contribution in [3.05, 3.63) is 53.3 Å². The molecule has 0 radical (unpaired) electrons. The fraction of sp³-hybridized carbons (Fsp3) is 0.176. The van der Waals surface area contributed by atoms with Gasteiger partial charge in [-0.05, 0) is 42.5 Å². The van der Waals surface area contributed by atoms with Crippen molar-refractivity contribution >= 4 is 45.6 Å². The Hall–Kier alpha value is -2.05. The molecule has 3 aromatic rings. The van der Waals surface area contributed by atoms with E-state index in [1.165, 1.54) is 12.1 Å². The van der Waals surface area contributed by atoms with Crippen molar-refractivity contribution in [3.8, 4) is 5.88 Å². The lowest BCUT2D eigenvalue weighted by molar-refractivity contribution is 0.406. The molecule has 4 rings (SSSR count). The molecule has 7 heteroatoms. The molecule has 2 heterocycles. The highest BCUT2D eigenvalue weighted by molar-refractivity contribution is 8.00. The second-order valence-electron chi connectivity index (χ2n) is 5.57. The van der Waals surface area contributed by atoms with E-state index in [4.69, 9.17) is 11.6 Å². The highest BCUT2D eigenvalue weighted by atomic mass is 35.5. The normalized spacial score (nSPS) is 15.2. The Labute approximate surface area is 147 Å². The molecule has 1 N–H and O–H groups in total. The highest BCUT2D eigenvalue weighted by Gasteiger charge is 2.27. The Balaban J connectivity index is 1.83. The number of aromatic hydroxyl groups is 1. The Bertz CT molecular complexity index is 935. The topological polar surface area (TPSA) is 49.9 Å². The molecular weight excluding hydrogens is 349 g/mol. The second kappa shape index (κ2) is 6.11. The van der Waals surface area contributed by atoms with E-state index in [0.717, 1.165) is 17.0 Å². The lowest BCUT2D eigenvalue weighted by Crippen LogP contribution is -2.22. The number of thioether (sulfide) groups is 1. The summed E-state index contributed by atoms with van der Waals surface area (Å²) >= 11 is 7.66. The molecule has 1 saturated heterocycles. The molecule has 1 aliphatic heterocycles. The monoisotopic (exact) mass is 361 g/mol. The van der Waals surface area contributed by atoms with E-state index in [9.17, 15) is 9.50 Å². The first-order chi connectivity index (χ1) is 11.6. The van der Waals surface area contributed by atoms with E-state index in [-0.39, 0.29) is 23.4 Å². The van der Waals surface area contributed by atoms with E-state index in [1.807, 2.05) is 16.3 Å². The number of rotatable bonds is 3. The summed E-state index contributed by atoms with van der Waals surface area (Å²) in [6, 6.07) is 11.5. The summed E-state index contributed by atoms with van der Waals surface area (Å²) in [5.41, 5.74) is 1.66. The van der Waals surface area contributed by atoms with Crippen LogP contribution in [0.4, 0.5) is 15.8 Å². The first kappa shape index (κ1) is 15.5. The summed E-state index contributed by atoms with van der Waals surface area (Å²) in [6.07, 6.45) is 0. The van der Waals surface area contributed by atoms with E-state index in [1.54, 1.807) is 30.3 Å². The summed E-state index contributed by atoms with van der Waals surface area (Å²) in [5.74, 6) is 1.49. The molecule has 1 fully saturated rings. The lowest BCUT2D eigenvalue weighted by atomic mass is 10.2. The fourth-order valence-electron chi connectivity index (χ4n) is 2.71. The van der Waals surface area contributed by atoms with Gasteiger partial charge in [0, 0.05) is 21.9 Å². The van der Waals surface area contributed by atoms with Gasteiger partial charge >= 0.3 is 0 Å². The van der Waals surface area contributed by atoms with Gasteiger partial charge in [-0.2, -0.15) is 16.9 Å². The number of fused-ring (bicyclic) bond motifs is 1. The van der Waals surface area contributed by atoms with E-state index in [2.05, 4.69) is 10.2 Å². The van der Waals surface area contributed by atoms with Gasteiger partial charge in [0.2, 0.25) is 5.88 Å². The molecule has 1 aromatic heterocycles. The maximum atomic E-state index is 13.7. The molecule has 0 unspecified atom stereocenters. The molecule has 0 atom stereocenters. The van der Waals surface area contributed by atoms with Gasteiger partial charge < -0.3 is 9.67 Å². The van der Waals surface area contributed by atoms with E-state index in [0.29, 0.717) is 16.1 Å². The zero-order valence-corrected chi connectivity index (χ0v) is 14.1. The zero-order valence-electron chi connectivity index (χ0n) is 12.5. The number of nitrogens with zero attached hydrogens (tertiary/aromatic N) is 3. The standard InChI is InChI=1S/C17H13ClFN3OS/c18-10-1-4-12(5-2-10)20-21-16-14-7-11(19)3-6-15(14)22(17(16)23)13-8-24-9-13/h1-7,13,23H,8-9H2. The van der Waals surface area contributed by atoms with Crippen LogP contribution in [0.5, 0.6) is 5.88 Å². The van der Waals surface area contributed by atoms with Crippen LogP contribution in [0, 0.1) is 5.82 Å². The maximum Gasteiger partial charge on any atom is 0.221 e. The molecule has 0 amide bonds. The second-order valence-corrected chi connectivity index (χ2v) is 7.08. The van der Waals surface area contributed by atoms with Crippen LogP contribution in [0.2, 0.25) is 5.02 Å². The summed E-state index contributed by atoms with van der Waals surface area (Å²) in [5, 5.41) is 20.1. The van der Waals surface area contributed by atoms with Gasteiger partial charge in [-0.1, -0.05) is 11.6 Å². The molecule has 0 saturated carbocycles. The van der Waals surface area contributed by atoms with Crippen molar-refractivity contribution in [1.82, 2.24) is 4.57 Å². The predicted octanol–water partition coefficient (Wildman–Crippen LogP) is 5.84. The molecule has 0 spiro atoms. The van der Waals surface area contributed by atoms with Gasteiger partial charge in [0.15, 0.2) is 5.69 Å². The number of hydrogen-bond donors (Lipinski definition) is 1. The summed E-state index contributed by atoms with van der Waals surface area (Å²) in [4.78, 5) is 0. The third-order valence-corrected chi connectivity index (χ3v) is 5.48. The third kappa shape index (κ3) is 2.65. The molecule has 2 aromatic carbocycles. The van der Waals surface area contributed by atoms with Gasteiger partial charge in [0.25, 0.3) is 0 Å². The van der Waals surface area contributed by atoms with Crippen LogP contribution < -0.4 is 0 Å². The quantitative estimate of drug-likeness (QED) is 0.595. The van der Waals surface area contributed by atoms with Crippen molar-refractivity contribution in [2.24, 2.45) is 10.2 Å². The Kier molecular flexibility index (Phi) is 3.94. The van der Waals surface area contributed by atoms with Gasteiger partial charge in [0.1, 0.15) is 5.82 Å². The van der Waals surface area contributed by atoms with Crippen LogP contribution in [0.1, 0.15) is 6.04 Å². The Morgan fingerprint density at radius 1 is 1.12 bits per heavy atom. The largest absolute Gasteiger partial charge is 0.493 e. The van der Waals surface area contributed by atoms with Gasteiger partial charge in [-0.25, -0.2) is 4.39 Å². The average Bonchev–Trinajstić information content (AvgIpc) is 2.78. The van der Waals surface area contributed by atoms with Gasteiger partial charge in [0.05, 0.1) is 17.2 Å². The van der Waals surface area contributed by atoms with E-state index >= 15 is 0 Å². The summed E-state index contributed by atoms with van der Waals surface area (Å²) in [7, 11) is 0. The van der Waals surface area contributed by atoms with Crippen molar-refractivity contribution in [2.75, 3.05) is 11.5 Å². The van der Waals surface area contributed by atoms with Gasteiger partial charge in [-0.3, -0.25) is 0 Å². The fourth-order valence-corrected chi connectivity index (χ4v) is 3.58. The van der Waals surface area contributed by atoms with Crippen molar-refractivity contribution in [3.63, 3.8) is 0 Å². The van der Waals surface area contributed by atoms with Crippen LogP contribution in [0.15, 0.2) is 52.7 Å². The van der Waals surface area contributed by atoms with Crippen molar-refractivity contribution in [1.29, 1.82) is 0 Å². The first-order valence-electron chi connectivity index (χ1n) is 7.41. The van der Waals surface area contributed by atoms with Crippen molar-refractivity contribution < 1.29 is 9.50 Å². The van der Waals surface area contributed by atoms with E-state index < -0.39 is 0 Å². The highest BCUT2D eigenvalue weighted by Crippen LogP contribution is 2.45. The molecule has 122 valence electrons. The number of halogens is 2. The number of hydrogen-bond acceptors (Lipinski definition) is 4. The molecule has 24 heavy (non-hydrogen) atoms. The van der Waals surface area contributed by atoms with Gasteiger partial charge in [-0.15, -0.1) is 5.11 Å². The minimum atomic E-state index is -0.370. The average molecular weight is 362 g/mol. The number of aromatic nitrogens is 1. The van der Waals surface area contributed by atoms with Crippen molar-refractivity contribution in [2.45, 2.75) is 6.04 Å². The molecule has 0 aliphatic carbocycles. The third-order valence-electron chi connectivity index (χ3n) is 3.99. The Morgan fingerprint density at radius 2 is 1.88 bits per heavy atom. The number of benzene rings is 2. The zero-order chi connectivity index (χ0) is 16.7. The summed E-state index contributed by atoms with van der Waals surface area (Å²) in [6.45, 7) is 0. The summed E-state index contributed by atoms with van der Waals surface area (Å²) < 4.78 is 15.5. The lowest BCUT2D eigenvalue weighted by Gasteiger charge is -2.27. The first-order valence-corrected chi connectivity index (χ1v) is 8.94. The van der Waals surface area contributed by atoms with Crippen LogP contribution >= 0.6 is 23.4 Å².